The molecule has 13 unspecified atom stereocenters. The standard InChI is InChI=1S/C99H132N6O20Si2/c1-60-61(2)92(108-18)118-79(58-113-126(98(12,13)14,74-46-32-22-33-47-74)75-48-34-23-35-49-75)84(60)121-94-65(6)88(111-55-72-42-28-20-29-43-72)91(68(9)116-94)125-97-82(103-105-101)63(4)86(80(120-97)59-114-127(99(15,16)17,76-50-36-24-37-51-76)77-52-38-25-39-53-77)123-95-66(7)89(112-56-73-44-30-21-31-45-73)90(69(10)117-95)124-96-81(102-104-100)62(3)85(78(119-96)57-109-70(11)106)122-93-64(5)87(83(107)67(8)115-93)110-54-71-40-26-19-27-41-71/h19-53,60-69,78-97,107H,54-59H2,1-18H3/t60-,61?,62-,63-,64?,65?,66?,67?,68?,69?,78?,79?,80?,81?,82?,83-,84+,85+,86+,87+,88+,89+,90-,91?,92+,93+,94+,95+,96+,97+/m1/s1. The molecule has 0 amide bonds. The lowest BCUT2D eigenvalue weighted by atomic mass is 9.84. The average Bonchev–Trinajstić information content (AvgIpc) is 0.744. The van der Waals surface area contributed by atoms with E-state index in [-0.39, 0.29) is 56.5 Å². The van der Waals surface area contributed by atoms with Crippen molar-refractivity contribution in [3.63, 3.8) is 0 Å². The fraction of sp³-hybridized carbons (Fsp3) is 0.566. The second-order valence-corrected chi connectivity index (χ2v) is 46.0. The molecule has 7 aromatic rings. The number of methoxy groups -OCH3 is 1. The molecule has 1 N–H and O–H groups in total. The summed E-state index contributed by atoms with van der Waals surface area (Å²) < 4.78 is 128. The van der Waals surface area contributed by atoms with E-state index in [4.69, 9.17) is 84.6 Å². The molecule has 6 aliphatic rings. The second kappa shape index (κ2) is 43.6. The van der Waals surface area contributed by atoms with Gasteiger partial charge >= 0.3 is 5.97 Å². The molecule has 0 saturated carbocycles. The molecule has 6 aliphatic heterocycles. The van der Waals surface area contributed by atoms with Crippen LogP contribution >= 0.6 is 0 Å². The third kappa shape index (κ3) is 21.9. The first-order chi connectivity index (χ1) is 61.0. The Morgan fingerprint density at radius 3 is 0.976 bits per heavy atom. The maximum Gasteiger partial charge on any atom is 0.302 e. The van der Waals surface area contributed by atoms with Crippen molar-refractivity contribution in [3.8, 4) is 0 Å². The fourth-order valence-electron chi connectivity index (χ4n) is 19.7. The van der Waals surface area contributed by atoms with E-state index in [2.05, 4.69) is 155 Å². The molecule has 30 atom stereocenters. The number of carbonyl (C=O) groups excluding carboxylic acids is 1. The minimum Gasteiger partial charge on any atom is -0.463 e. The molecular weight excluding hydrogens is 1650 g/mol. The van der Waals surface area contributed by atoms with Crippen molar-refractivity contribution >= 4 is 43.4 Å². The zero-order valence-electron chi connectivity index (χ0n) is 76.7. The van der Waals surface area contributed by atoms with Gasteiger partial charge in [-0.1, -0.05) is 313 Å². The van der Waals surface area contributed by atoms with E-state index < -0.39 is 199 Å². The minimum atomic E-state index is -3.39. The predicted octanol–water partition coefficient (Wildman–Crippen LogP) is 15.6. The third-order valence-corrected chi connectivity index (χ3v) is 36.9. The van der Waals surface area contributed by atoms with Crippen LogP contribution in [0.25, 0.3) is 20.9 Å². The van der Waals surface area contributed by atoms with Crippen LogP contribution in [0.5, 0.6) is 0 Å². The van der Waals surface area contributed by atoms with Crippen molar-refractivity contribution in [2.75, 3.05) is 26.9 Å². The van der Waals surface area contributed by atoms with Crippen LogP contribution in [0, 0.1) is 41.4 Å². The summed E-state index contributed by atoms with van der Waals surface area (Å²) in [4.78, 5) is 19.7. The van der Waals surface area contributed by atoms with E-state index in [0.29, 0.717) is 0 Å². The van der Waals surface area contributed by atoms with Crippen LogP contribution in [0.3, 0.4) is 0 Å². The van der Waals surface area contributed by atoms with Gasteiger partial charge in [0.05, 0.1) is 100 Å². The summed E-state index contributed by atoms with van der Waals surface area (Å²) in [7, 11) is -4.81. The highest BCUT2D eigenvalue weighted by Gasteiger charge is 2.60. The Labute approximate surface area is 751 Å². The van der Waals surface area contributed by atoms with Gasteiger partial charge in [-0.25, -0.2) is 0 Å². The van der Waals surface area contributed by atoms with Crippen LogP contribution in [0.1, 0.15) is 134 Å². The largest absolute Gasteiger partial charge is 0.463 e. The van der Waals surface area contributed by atoms with Gasteiger partial charge in [0, 0.05) is 47.5 Å². The highest BCUT2D eigenvalue weighted by Crippen LogP contribution is 2.47. The Bertz CT molecular complexity index is 4570. The molecule has 28 heteroatoms. The van der Waals surface area contributed by atoms with Gasteiger partial charge in [0.25, 0.3) is 16.6 Å². The lowest BCUT2D eigenvalue weighted by Crippen LogP contribution is -2.68. The summed E-state index contributed by atoms with van der Waals surface area (Å²) in [5, 5.41) is 24.1. The molecule has 0 aliphatic carbocycles. The zero-order valence-corrected chi connectivity index (χ0v) is 78.7. The topological polar surface area (TPSA) is 301 Å². The molecule has 6 heterocycles. The average molecular weight is 1780 g/mol. The quantitative estimate of drug-likeness (QED) is 0.0129. The van der Waals surface area contributed by atoms with Gasteiger partial charge in [0.15, 0.2) is 37.7 Å². The lowest BCUT2D eigenvalue weighted by Gasteiger charge is -2.52. The molecule has 6 saturated heterocycles. The first-order valence-electron chi connectivity index (χ1n) is 45.1. The maximum absolute atomic E-state index is 12.8. The van der Waals surface area contributed by atoms with Crippen molar-refractivity contribution < 1.29 is 94.5 Å². The molecule has 0 bridgehead atoms. The van der Waals surface area contributed by atoms with Crippen LogP contribution in [0.2, 0.25) is 10.1 Å². The van der Waals surface area contributed by atoms with E-state index in [1.165, 1.54) is 6.92 Å². The molecule has 26 nitrogen and oxygen atoms in total. The molecule has 13 rings (SSSR count). The number of aliphatic hydroxyl groups excluding tert-OH is 1. The summed E-state index contributed by atoms with van der Waals surface area (Å²) in [5.74, 6) is -3.90. The molecule has 0 spiro atoms. The van der Waals surface area contributed by atoms with Gasteiger partial charge in [-0.2, -0.15) is 0 Å². The number of hydrogen-bond donors (Lipinski definition) is 1. The van der Waals surface area contributed by atoms with Crippen LogP contribution in [-0.4, -0.2) is 196 Å². The number of esters is 1. The predicted molar refractivity (Wildman–Crippen MR) is 485 cm³/mol. The summed E-state index contributed by atoms with van der Waals surface area (Å²) >= 11 is 0. The molecule has 7 aromatic carbocycles. The van der Waals surface area contributed by atoms with Crippen molar-refractivity contribution in [2.45, 2.75) is 289 Å². The Morgan fingerprint density at radius 1 is 0.362 bits per heavy atom. The van der Waals surface area contributed by atoms with Gasteiger partial charge < -0.3 is 89.7 Å². The van der Waals surface area contributed by atoms with Crippen LogP contribution in [0.15, 0.2) is 223 Å². The first-order valence-corrected chi connectivity index (χ1v) is 48.9. The first kappa shape index (κ1) is 96.9. The molecule has 0 radical (unpaired) electrons. The van der Waals surface area contributed by atoms with Crippen LogP contribution < -0.4 is 20.7 Å². The van der Waals surface area contributed by atoms with Gasteiger partial charge in [-0.3, -0.25) is 4.79 Å². The van der Waals surface area contributed by atoms with Gasteiger partial charge in [0.2, 0.25) is 0 Å². The summed E-state index contributed by atoms with van der Waals surface area (Å²) in [5.41, 5.74) is 24.2. The second-order valence-electron chi connectivity index (χ2n) is 37.4. The van der Waals surface area contributed by atoms with E-state index in [0.717, 1.165) is 37.4 Å². The van der Waals surface area contributed by atoms with Crippen LogP contribution in [0.4, 0.5) is 0 Å². The molecule has 0 aromatic heterocycles. The van der Waals surface area contributed by atoms with Crippen molar-refractivity contribution in [1.29, 1.82) is 0 Å². The summed E-state index contributed by atoms with van der Waals surface area (Å²) in [6.45, 7) is 34.8. The van der Waals surface area contributed by atoms with E-state index in [1.54, 1.807) is 14.0 Å². The Balaban J connectivity index is 0.821. The normalized spacial score (nSPS) is 33.9. The van der Waals surface area contributed by atoms with Crippen LogP contribution in [-0.2, 0) is 109 Å². The fourth-order valence-corrected chi connectivity index (χ4v) is 28.8. The molecule has 127 heavy (non-hydrogen) atoms. The summed E-state index contributed by atoms with van der Waals surface area (Å²) in [6, 6.07) is 69.2. The SMILES string of the molecule is CO[C@H]1OC(CO[Si](c2ccccc2)(c2ccccc2)C(C)(C)C)[C@@H](O[C@@H]2OC(C)C(O[C@@H]3OC(CO[Si](c4ccccc4)(c4ccccc4)C(C)(C)C)[C@@H](O[C@@H]4OC(C)[C@@H](O[C@@H]5OC(COC(C)=O)[C@@H](O[C@@H]6OC(C)[C@@H](O)[C@@H](OCc7ccccc7)C6C)[C@H](C)C5N=[N+]=[N-])[C@@H](OCc5ccccc5)C4C)[C@H](C)C3N=[N+]=[N-])[C@@H](OCc3ccccc3)C2C)[C@H](C)C1C. The number of carbonyl (C=O) groups is 1. The van der Waals surface area contributed by atoms with Gasteiger partial charge in [-0.05, 0) is 97.1 Å². The Morgan fingerprint density at radius 2 is 0.654 bits per heavy atom. The van der Waals surface area contributed by atoms with Gasteiger partial charge in [-0.15, -0.1) is 0 Å². The Hall–Kier alpha value is -7.66. The number of benzene rings is 7. The zero-order chi connectivity index (χ0) is 90.5. The maximum atomic E-state index is 12.8. The van der Waals surface area contributed by atoms with Crippen molar-refractivity contribution in [2.24, 2.45) is 51.7 Å². The molecule has 6 fully saturated rings. The van der Waals surface area contributed by atoms with E-state index in [9.17, 15) is 21.0 Å². The third-order valence-electron chi connectivity index (χ3n) is 26.9. The number of hydrogen-bond acceptors (Lipinski definition) is 22. The van der Waals surface area contributed by atoms with Crippen molar-refractivity contribution in [3.05, 3.63) is 250 Å². The summed E-state index contributed by atoms with van der Waals surface area (Å²) in [6.07, 6.45) is -18.6. The smallest absolute Gasteiger partial charge is 0.302 e. The number of aliphatic hydroxyl groups is 1. The minimum absolute atomic E-state index is 0.0457. The highest BCUT2D eigenvalue weighted by atomic mass is 28.4. The molecule has 686 valence electrons. The number of ether oxygens (including phenoxy) is 16. The number of azide groups is 2. The molecular formula is C99H132N6O20Si2. The van der Waals surface area contributed by atoms with E-state index in [1.807, 2.05) is 181 Å². The van der Waals surface area contributed by atoms with Gasteiger partial charge in [0.1, 0.15) is 43.2 Å². The lowest BCUT2D eigenvalue weighted by molar-refractivity contribution is -0.370. The monoisotopic (exact) mass is 1780 g/mol. The van der Waals surface area contributed by atoms with E-state index >= 15 is 0 Å². The van der Waals surface area contributed by atoms with Crippen molar-refractivity contribution in [1.82, 2.24) is 0 Å². The highest BCUT2D eigenvalue weighted by molar-refractivity contribution is 7.00. The number of nitrogens with zero attached hydrogens (tertiary/aromatic N) is 6. The Kier molecular flexibility index (Phi) is 33.3. The number of rotatable bonds is 34.